The number of anilines is 1. The third kappa shape index (κ3) is 7.79. The summed E-state index contributed by atoms with van der Waals surface area (Å²) in [6, 6.07) is 12.5. The highest BCUT2D eigenvalue weighted by molar-refractivity contribution is 14.0. The molecular weight excluding hydrogens is 491 g/mol. The maximum absolute atomic E-state index is 4.93. The summed E-state index contributed by atoms with van der Waals surface area (Å²) in [5.74, 6) is 1.05. The van der Waals surface area contributed by atoms with E-state index in [2.05, 4.69) is 69.5 Å². The Hall–Kier alpha value is -1.81. The molecule has 2 aromatic rings. The number of hydrogen-bond acceptors (Lipinski definition) is 5. The fourth-order valence-electron chi connectivity index (χ4n) is 3.55. The Morgan fingerprint density at radius 2 is 1.90 bits per heavy atom. The minimum absolute atomic E-state index is 0. The van der Waals surface area contributed by atoms with E-state index in [1.807, 2.05) is 6.07 Å². The van der Waals surface area contributed by atoms with Crippen LogP contribution in [0.25, 0.3) is 0 Å². The first-order valence-electron chi connectivity index (χ1n) is 10.7. The number of guanidine groups is 1. The maximum Gasteiger partial charge on any atom is 0.194 e. The van der Waals surface area contributed by atoms with Gasteiger partial charge in [-0.05, 0) is 31.9 Å². The van der Waals surface area contributed by atoms with Crippen molar-refractivity contribution in [2.24, 2.45) is 4.99 Å². The smallest absolute Gasteiger partial charge is 0.194 e. The molecule has 166 valence electrons. The van der Waals surface area contributed by atoms with Crippen molar-refractivity contribution in [1.29, 1.82) is 0 Å². The van der Waals surface area contributed by atoms with Crippen molar-refractivity contribution in [3.63, 3.8) is 0 Å². The number of nitrogens with one attached hydrogen (secondary N) is 1. The van der Waals surface area contributed by atoms with Gasteiger partial charge in [0.1, 0.15) is 6.26 Å². The van der Waals surface area contributed by atoms with Crippen molar-refractivity contribution in [2.75, 3.05) is 57.8 Å². The van der Waals surface area contributed by atoms with Crippen molar-refractivity contribution < 1.29 is 4.52 Å². The highest BCUT2D eigenvalue weighted by Crippen LogP contribution is 2.12. The number of aromatic nitrogens is 1. The van der Waals surface area contributed by atoms with Gasteiger partial charge in [-0.3, -0.25) is 9.89 Å². The molecule has 1 fully saturated rings. The summed E-state index contributed by atoms with van der Waals surface area (Å²) in [5, 5.41) is 7.47. The van der Waals surface area contributed by atoms with E-state index in [9.17, 15) is 0 Å². The number of hydrogen-bond donors (Lipinski definition) is 1. The van der Waals surface area contributed by atoms with Crippen molar-refractivity contribution in [2.45, 2.75) is 26.3 Å². The van der Waals surface area contributed by atoms with Crippen LogP contribution in [-0.2, 0) is 6.54 Å². The van der Waals surface area contributed by atoms with Gasteiger partial charge in [0.15, 0.2) is 5.96 Å². The molecule has 0 atom stereocenters. The van der Waals surface area contributed by atoms with Gasteiger partial charge in [0.05, 0.1) is 5.69 Å². The number of halogens is 1. The van der Waals surface area contributed by atoms with Gasteiger partial charge in [0.2, 0.25) is 0 Å². The van der Waals surface area contributed by atoms with E-state index in [1.165, 1.54) is 5.69 Å². The van der Waals surface area contributed by atoms with Gasteiger partial charge in [0, 0.05) is 71.2 Å². The number of benzene rings is 1. The summed E-state index contributed by atoms with van der Waals surface area (Å²) in [6.45, 7) is 9.80. The molecule has 1 aromatic carbocycles. The number of aliphatic imine (C=N–C) groups is 1. The van der Waals surface area contributed by atoms with Gasteiger partial charge in [-0.2, -0.15) is 0 Å². The monoisotopic (exact) mass is 526 g/mol. The number of rotatable bonds is 9. The minimum atomic E-state index is 0. The van der Waals surface area contributed by atoms with E-state index in [4.69, 9.17) is 9.52 Å². The fraction of sp³-hybridized carbons (Fsp3) is 0.545. The zero-order chi connectivity index (χ0) is 20.3. The predicted octanol–water partition coefficient (Wildman–Crippen LogP) is 3.29. The fourth-order valence-corrected chi connectivity index (χ4v) is 3.55. The molecule has 8 heteroatoms. The third-order valence-corrected chi connectivity index (χ3v) is 5.24. The maximum atomic E-state index is 4.93. The molecule has 0 spiro atoms. The highest BCUT2D eigenvalue weighted by atomic mass is 127. The largest absolute Gasteiger partial charge is 0.375 e. The van der Waals surface area contributed by atoms with Crippen molar-refractivity contribution in [3.8, 4) is 0 Å². The lowest BCUT2D eigenvalue weighted by molar-refractivity contribution is 0.169. The van der Waals surface area contributed by atoms with E-state index >= 15 is 0 Å². The van der Waals surface area contributed by atoms with E-state index in [1.54, 1.807) is 6.26 Å². The standard InChI is InChI=1S/C22H34N6O.HI/c1-3-23-22(24-12-7-8-13-26(2)21-9-5-4-6-10-21)28-16-14-27(15-17-28)19-20-11-18-29-25-20;/h4-6,9-11,18H,3,7-8,12-17,19H2,1-2H3,(H,23,24);1H. The van der Waals surface area contributed by atoms with Gasteiger partial charge in [-0.15, -0.1) is 24.0 Å². The molecule has 1 N–H and O–H groups in total. The molecule has 2 heterocycles. The number of para-hydroxylation sites is 1. The van der Waals surface area contributed by atoms with Gasteiger partial charge in [-0.25, -0.2) is 0 Å². The van der Waals surface area contributed by atoms with Gasteiger partial charge >= 0.3 is 0 Å². The highest BCUT2D eigenvalue weighted by Gasteiger charge is 2.20. The van der Waals surface area contributed by atoms with E-state index in [0.29, 0.717) is 0 Å². The Morgan fingerprint density at radius 1 is 1.13 bits per heavy atom. The second-order valence-corrected chi connectivity index (χ2v) is 7.45. The summed E-state index contributed by atoms with van der Waals surface area (Å²) < 4.78 is 4.93. The van der Waals surface area contributed by atoms with Crippen molar-refractivity contribution in [3.05, 3.63) is 48.4 Å². The van der Waals surface area contributed by atoms with Crippen LogP contribution in [0.4, 0.5) is 5.69 Å². The van der Waals surface area contributed by atoms with Crippen LogP contribution >= 0.6 is 24.0 Å². The molecule has 1 aliphatic rings. The van der Waals surface area contributed by atoms with Crippen LogP contribution < -0.4 is 10.2 Å². The Bertz CT molecular complexity index is 716. The van der Waals surface area contributed by atoms with Crippen molar-refractivity contribution >= 4 is 35.6 Å². The van der Waals surface area contributed by atoms with Gasteiger partial charge in [0.25, 0.3) is 0 Å². The summed E-state index contributed by atoms with van der Waals surface area (Å²) in [5.41, 5.74) is 2.27. The number of unbranched alkanes of at least 4 members (excludes halogenated alkanes) is 1. The summed E-state index contributed by atoms with van der Waals surface area (Å²) in [4.78, 5) is 12.0. The van der Waals surface area contributed by atoms with Crippen LogP contribution in [0.2, 0.25) is 0 Å². The predicted molar refractivity (Wildman–Crippen MR) is 134 cm³/mol. The third-order valence-electron chi connectivity index (χ3n) is 5.24. The van der Waals surface area contributed by atoms with Crippen molar-refractivity contribution in [1.82, 2.24) is 20.3 Å². The van der Waals surface area contributed by atoms with E-state index in [-0.39, 0.29) is 24.0 Å². The van der Waals surface area contributed by atoms with Crippen LogP contribution in [-0.4, -0.2) is 73.8 Å². The molecule has 0 saturated carbocycles. The Kier molecular flexibility index (Phi) is 11.0. The molecule has 0 amide bonds. The normalized spacial score (nSPS) is 15.0. The second kappa shape index (κ2) is 13.5. The Balaban J connectivity index is 0.00000320. The number of nitrogens with zero attached hydrogens (tertiary/aromatic N) is 5. The van der Waals surface area contributed by atoms with Crippen LogP contribution in [0.5, 0.6) is 0 Å². The molecule has 30 heavy (non-hydrogen) atoms. The lowest BCUT2D eigenvalue weighted by atomic mass is 10.2. The quantitative estimate of drug-likeness (QED) is 0.234. The van der Waals surface area contributed by atoms with Gasteiger partial charge < -0.3 is 19.6 Å². The number of piperazine rings is 1. The Labute approximate surface area is 197 Å². The van der Waals surface area contributed by atoms with Crippen LogP contribution in [0.3, 0.4) is 0 Å². The summed E-state index contributed by atoms with van der Waals surface area (Å²) in [6.07, 6.45) is 3.87. The summed E-state index contributed by atoms with van der Waals surface area (Å²) >= 11 is 0. The van der Waals surface area contributed by atoms with Crippen LogP contribution in [0, 0.1) is 0 Å². The van der Waals surface area contributed by atoms with Crippen LogP contribution in [0.1, 0.15) is 25.5 Å². The average molecular weight is 526 g/mol. The minimum Gasteiger partial charge on any atom is -0.375 e. The molecule has 3 rings (SSSR count). The lowest BCUT2D eigenvalue weighted by Crippen LogP contribution is -2.52. The molecule has 7 nitrogen and oxygen atoms in total. The molecule has 1 aromatic heterocycles. The second-order valence-electron chi connectivity index (χ2n) is 7.45. The van der Waals surface area contributed by atoms with E-state index in [0.717, 1.165) is 76.9 Å². The van der Waals surface area contributed by atoms with E-state index < -0.39 is 0 Å². The molecule has 1 saturated heterocycles. The zero-order valence-corrected chi connectivity index (χ0v) is 20.5. The topological polar surface area (TPSA) is 60.1 Å². The SMILES string of the molecule is CCNC(=NCCCCN(C)c1ccccc1)N1CCN(Cc2ccon2)CC1.I. The Morgan fingerprint density at radius 3 is 2.57 bits per heavy atom. The average Bonchev–Trinajstić information content (AvgIpc) is 3.27. The molecule has 1 aliphatic heterocycles. The molecule has 0 unspecified atom stereocenters. The first-order chi connectivity index (χ1) is 14.3. The molecular formula is C22H35IN6O. The first kappa shape index (κ1) is 24.5. The zero-order valence-electron chi connectivity index (χ0n) is 18.2. The summed E-state index contributed by atoms with van der Waals surface area (Å²) in [7, 11) is 2.15. The lowest BCUT2D eigenvalue weighted by Gasteiger charge is -2.36. The first-order valence-corrected chi connectivity index (χ1v) is 10.7. The van der Waals surface area contributed by atoms with Gasteiger partial charge in [-0.1, -0.05) is 23.4 Å². The molecule has 0 radical (unpaired) electrons. The molecule has 0 bridgehead atoms. The van der Waals surface area contributed by atoms with Crippen LogP contribution in [0.15, 0.2) is 52.2 Å². The molecule has 0 aliphatic carbocycles.